The van der Waals surface area contributed by atoms with Gasteiger partial charge in [0.2, 0.25) is 0 Å². The molecule has 0 aliphatic carbocycles. The summed E-state index contributed by atoms with van der Waals surface area (Å²) in [5.74, 6) is 0. The summed E-state index contributed by atoms with van der Waals surface area (Å²) in [6.45, 7) is 0. The molecule has 4 nitrogen and oxygen atoms in total. The highest BCUT2D eigenvalue weighted by atomic mass is 35.5. The van der Waals surface area contributed by atoms with E-state index in [1.807, 2.05) is 30.6 Å². The molecule has 2 rings (SSSR count). The number of nitrogens with one attached hydrogen (secondary N) is 1. The molecule has 0 atom stereocenters. The summed E-state index contributed by atoms with van der Waals surface area (Å²) in [4.78, 5) is 8.34. The molecule has 1 aromatic carbocycles. The first-order valence-electron chi connectivity index (χ1n) is 5.06. The Morgan fingerprint density at radius 1 is 1.44 bits per heavy atom. The lowest BCUT2D eigenvalue weighted by Crippen LogP contribution is -2.12. The van der Waals surface area contributed by atoms with Crippen molar-refractivity contribution >= 4 is 45.0 Å². The van der Waals surface area contributed by atoms with Crippen LogP contribution in [0.3, 0.4) is 0 Å². The molecule has 0 saturated heterocycles. The molecule has 90 valence electrons. The minimum absolute atomic E-state index is 0.448. The highest BCUT2D eigenvalue weighted by Crippen LogP contribution is 2.23. The minimum Gasteiger partial charge on any atom is -0.271 e. The maximum Gasteiger partial charge on any atom is 0.183 e. The highest BCUT2D eigenvalue weighted by molar-refractivity contribution is 8.13. The highest BCUT2D eigenvalue weighted by Gasteiger charge is 2.00. The predicted molar refractivity (Wildman–Crippen MR) is 76.1 cm³/mol. The molecule has 6 heteroatoms. The van der Waals surface area contributed by atoms with Crippen molar-refractivity contribution < 1.29 is 0 Å². The molecule has 0 bridgehead atoms. The Balaban J connectivity index is 2.43. The van der Waals surface area contributed by atoms with Gasteiger partial charge in [0.25, 0.3) is 0 Å². The van der Waals surface area contributed by atoms with Gasteiger partial charge in [-0.1, -0.05) is 29.4 Å². The molecule has 0 saturated carbocycles. The third-order valence-corrected chi connectivity index (χ3v) is 3.05. The Morgan fingerprint density at radius 3 is 3.00 bits per heavy atom. The summed E-state index contributed by atoms with van der Waals surface area (Å²) in [6.07, 6.45) is 5.42. The molecule has 0 unspecified atom stereocenters. The SMILES string of the molecule is CSC(=Nc1ccc2cnc(Cl)cc2c1)NC#N. The van der Waals surface area contributed by atoms with Crippen molar-refractivity contribution in [1.29, 1.82) is 5.26 Å². The number of fused-ring (bicyclic) bond motifs is 1. The number of benzene rings is 1. The van der Waals surface area contributed by atoms with E-state index in [0.717, 1.165) is 16.5 Å². The third kappa shape index (κ3) is 2.92. The summed E-state index contributed by atoms with van der Waals surface area (Å²) < 4.78 is 0. The first kappa shape index (κ1) is 12.7. The van der Waals surface area contributed by atoms with E-state index in [0.29, 0.717) is 10.3 Å². The number of nitrogens with zero attached hydrogens (tertiary/aromatic N) is 3. The van der Waals surface area contributed by atoms with Crippen LogP contribution in [0.4, 0.5) is 5.69 Å². The Kier molecular flexibility index (Phi) is 4.03. The fourth-order valence-electron chi connectivity index (χ4n) is 1.46. The van der Waals surface area contributed by atoms with Gasteiger partial charge < -0.3 is 0 Å². The molecule has 0 amide bonds. The number of hydrogen-bond donors (Lipinski definition) is 1. The van der Waals surface area contributed by atoms with E-state index < -0.39 is 0 Å². The van der Waals surface area contributed by atoms with Crippen LogP contribution in [0.15, 0.2) is 35.5 Å². The number of thioether (sulfide) groups is 1. The number of aromatic nitrogens is 1. The Morgan fingerprint density at radius 2 is 2.28 bits per heavy atom. The van der Waals surface area contributed by atoms with E-state index in [2.05, 4.69) is 15.3 Å². The number of halogens is 1. The Hall–Kier alpha value is -1.77. The van der Waals surface area contributed by atoms with Crippen molar-refractivity contribution in [2.24, 2.45) is 4.99 Å². The molecule has 0 radical (unpaired) electrons. The van der Waals surface area contributed by atoms with Crippen molar-refractivity contribution in [2.45, 2.75) is 0 Å². The number of rotatable bonds is 1. The van der Waals surface area contributed by atoms with Crippen LogP contribution in [-0.4, -0.2) is 16.4 Å². The van der Waals surface area contributed by atoms with Crippen molar-refractivity contribution in [3.63, 3.8) is 0 Å². The van der Waals surface area contributed by atoms with Crippen molar-refractivity contribution in [2.75, 3.05) is 6.26 Å². The fourth-order valence-corrected chi connectivity index (χ4v) is 1.97. The molecular weight excluding hydrogens is 268 g/mol. The molecule has 18 heavy (non-hydrogen) atoms. The van der Waals surface area contributed by atoms with Gasteiger partial charge in [-0.3, -0.25) is 5.32 Å². The normalized spacial score (nSPS) is 11.3. The summed E-state index contributed by atoms with van der Waals surface area (Å²) in [5, 5.41) is 14.1. The van der Waals surface area contributed by atoms with Gasteiger partial charge in [0, 0.05) is 11.6 Å². The van der Waals surface area contributed by atoms with Crippen molar-refractivity contribution in [3.05, 3.63) is 35.6 Å². The topological polar surface area (TPSA) is 61.1 Å². The first-order chi connectivity index (χ1) is 8.72. The second-order valence-corrected chi connectivity index (χ2v) is 4.58. The van der Waals surface area contributed by atoms with Gasteiger partial charge >= 0.3 is 0 Å². The van der Waals surface area contributed by atoms with Crippen LogP contribution in [0, 0.1) is 11.5 Å². The fraction of sp³-hybridized carbons (Fsp3) is 0.0833. The van der Waals surface area contributed by atoms with E-state index in [9.17, 15) is 0 Å². The van der Waals surface area contributed by atoms with Crippen LogP contribution in [0.1, 0.15) is 0 Å². The van der Waals surface area contributed by atoms with Crippen LogP contribution in [0.5, 0.6) is 0 Å². The standard InChI is InChI=1S/C12H9ClN4S/c1-18-12(16-7-14)17-10-3-2-8-6-15-11(13)5-9(8)4-10/h2-6H,1H3,(H,16,17). The zero-order chi connectivity index (χ0) is 13.0. The smallest absolute Gasteiger partial charge is 0.183 e. The molecule has 2 aromatic rings. The summed E-state index contributed by atoms with van der Waals surface area (Å²) in [7, 11) is 0. The molecule has 0 aliphatic heterocycles. The van der Waals surface area contributed by atoms with Gasteiger partial charge in [-0.15, -0.1) is 0 Å². The van der Waals surface area contributed by atoms with Crippen LogP contribution in [-0.2, 0) is 0 Å². The lowest BCUT2D eigenvalue weighted by molar-refractivity contribution is 1.28. The second kappa shape index (κ2) is 5.71. The Labute approximate surface area is 114 Å². The summed E-state index contributed by atoms with van der Waals surface area (Å²) in [5.41, 5.74) is 0.761. The maximum atomic E-state index is 8.57. The lowest BCUT2D eigenvalue weighted by Gasteiger charge is -2.02. The average Bonchev–Trinajstić information content (AvgIpc) is 2.37. The van der Waals surface area contributed by atoms with Gasteiger partial charge in [0.15, 0.2) is 11.4 Å². The van der Waals surface area contributed by atoms with Gasteiger partial charge in [-0.2, -0.15) is 5.26 Å². The van der Waals surface area contributed by atoms with E-state index >= 15 is 0 Å². The molecule has 1 N–H and O–H groups in total. The predicted octanol–water partition coefficient (Wildman–Crippen LogP) is 3.31. The van der Waals surface area contributed by atoms with Gasteiger partial charge in [0.1, 0.15) is 5.15 Å². The Bertz CT molecular complexity index is 648. The molecule has 0 spiro atoms. The van der Waals surface area contributed by atoms with Crippen LogP contribution >= 0.6 is 23.4 Å². The molecule has 1 heterocycles. The van der Waals surface area contributed by atoms with Gasteiger partial charge in [-0.05, 0) is 29.8 Å². The average molecular weight is 277 g/mol. The minimum atomic E-state index is 0.448. The van der Waals surface area contributed by atoms with Gasteiger partial charge in [0.05, 0.1) is 5.69 Å². The van der Waals surface area contributed by atoms with Crippen LogP contribution in [0.25, 0.3) is 10.8 Å². The molecule has 1 aromatic heterocycles. The van der Waals surface area contributed by atoms with E-state index in [-0.39, 0.29) is 0 Å². The number of aliphatic imine (C=N–C) groups is 1. The van der Waals surface area contributed by atoms with E-state index in [1.165, 1.54) is 11.8 Å². The second-order valence-electron chi connectivity index (χ2n) is 3.40. The first-order valence-corrected chi connectivity index (χ1v) is 6.66. The number of nitriles is 1. The largest absolute Gasteiger partial charge is 0.271 e. The number of hydrogen-bond acceptors (Lipinski definition) is 4. The zero-order valence-electron chi connectivity index (χ0n) is 9.51. The molecular formula is C12H9ClN4S. The van der Waals surface area contributed by atoms with Crippen LogP contribution in [0.2, 0.25) is 5.15 Å². The van der Waals surface area contributed by atoms with Crippen molar-refractivity contribution in [3.8, 4) is 6.19 Å². The zero-order valence-corrected chi connectivity index (χ0v) is 11.1. The number of pyridine rings is 1. The van der Waals surface area contributed by atoms with Crippen LogP contribution < -0.4 is 5.32 Å². The summed E-state index contributed by atoms with van der Waals surface area (Å²) in [6, 6.07) is 7.47. The van der Waals surface area contributed by atoms with E-state index in [4.69, 9.17) is 16.9 Å². The van der Waals surface area contributed by atoms with Crippen molar-refractivity contribution in [1.82, 2.24) is 10.3 Å². The van der Waals surface area contributed by atoms with E-state index in [1.54, 1.807) is 12.3 Å². The third-order valence-electron chi connectivity index (χ3n) is 2.26. The summed E-state index contributed by atoms with van der Waals surface area (Å²) >= 11 is 7.22. The monoisotopic (exact) mass is 276 g/mol. The lowest BCUT2D eigenvalue weighted by atomic mass is 10.1. The molecule has 0 fully saturated rings. The maximum absolute atomic E-state index is 8.57. The number of amidine groups is 1. The quantitative estimate of drug-likeness (QED) is 0.285. The van der Waals surface area contributed by atoms with Gasteiger partial charge in [-0.25, -0.2) is 9.98 Å². The molecule has 0 aliphatic rings.